The van der Waals surface area contributed by atoms with Crippen LogP contribution in [0.25, 0.3) is 0 Å². The van der Waals surface area contributed by atoms with Gasteiger partial charge in [0.15, 0.2) is 5.69 Å². The highest BCUT2D eigenvalue weighted by atomic mass is 16.3. The first-order valence-electron chi connectivity index (χ1n) is 9.09. The molecule has 2 aliphatic rings. The number of amides is 1. The van der Waals surface area contributed by atoms with E-state index in [-0.39, 0.29) is 17.4 Å². The zero-order valence-corrected chi connectivity index (χ0v) is 14.3. The van der Waals surface area contributed by atoms with Gasteiger partial charge in [-0.1, -0.05) is 6.42 Å². The van der Waals surface area contributed by atoms with Crippen LogP contribution >= 0.6 is 0 Å². The van der Waals surface area contributed by atoms with Crippen molar-refractivity contribution in [3.8, 4) is 5.75 Å². The third-order valence-electron chi connectivity index (χ3n) is 5.27. The first-order chi connectivity index (χ1) is 12.2. The summed E-state index contributed by atoms with van der Waals surface area (Å²) in [6.07, 6.45) is 7.93. The van der Waals surface area contributed by atoms with E-state index in [9.17, 15) is 9.90 Å². The molecule has 0 aromatic carbocycles. The fourth-order valence-electron chi connectivity index (χ4n) is 3.86. The summed E-state index contributed by atoms with van der Waals surface area (Å²) in [5, 5.41) is 18.7. The molecule has 1 saturated heterocycles. The van der Waals surface area contributed by atoms with Crippen LogP contribution in [0.3, 0.4) is 0 Å². The lowest BCUT2D eigenvalue weighted by atomic mass is 9.95. The van der Waals surface area contributed by atoms with Gasteiger partial charge in [-0.25, -0.2) is 4.98 Å². The van der Waals surface area contributed by atoms with Crippen LogP contribution in [-0.2, 0) is 13.0 Å². The molecule has 4 rings (SSSR count). The summed E-state index contributed by atoms with van der Waals surface area (Å²) in [5.74, 6) is 2.30. The first kappa shape index (κ1) is 16.1. The third-order valence-corrected chi connectivity index (χ3v) is 5.27. The molecule has 2 aromatic rings. The number of nitrogens with zero attached hydrogens (tertiary/aromatic N) is 5. The van der Waals surface area contributed by atoms with E-state index in [0.717, 1.165) is 37.5 Å². The standard InChI is InChI=1S/C18H23N5O2/c24-14-5-4-9-19-16(14)18(25)22-11-7-13(8-12-22)17-21-20-15-6-2-1-3-10-23(15)17/h4-5,9,13,24H,1-3,6-8,10-12H2. The van der Waals surface area contributed by atoms with Crippen LogP contribution in [0.5, 0.6) is 5.75 Å². The third kappa shape index (κ3) is 3.10. The summed E-state index contributed by atoms with van der Waals surface area (Å²) < 4.78 is 2.31. The minimum atomic E-state index is -0.198. The Balaban J connectivity index is 1.45. The smallest absolute Gasteiger partial charge is 0.276 e. The number of aromatic nitrogens is 4. The van der Waals surface area contributed by atoms with Crippen LogP contribution in [0, 0.1) is 0 Å². The SMILES string of the molecule is O=C(c1ncccc1O)N1CCC(c2nnc3n2CCCCC3)CC1. The number of likely N-dealkylation sites (tertiary alicyclic amines) is 1. The topological polar surface area (TPSA) is 84.1 Å². The lowest BCUT2D eigenvalue weighted by Crippen LogP contribution is -2.38. The normalized spacial score (nSPS) is 18.6. The number of fused-ring (bicyclic) bond motifs is 1. The summed E-state index contributed by atoms with van der Waals surface area (Å²) in [5.41, 5.74) is 0.136. The van der Waals surface area contributed by atoms with Crippen molar-refractivity contribution in [3.05, 3.63) is 35.7 Å². The van der Waals surface area contributed by atoms with Gasteiger partial charge in [-0.2, -0.15) is 0 Å². The van der Waals surface area contributed by atoms with Gasteiger partial charge in [-0.05, 0) is 37.8 Å². The molecule has 2 aromatic heterocycles. The molecule has 0 saturated carbocycles. The number of aryl methyl sites for hydroxylation is 1. The lowest BCUT2D eigenvalue weighted by Gasteiger charge is -2.31. The van der Waals surface area contributed by atoms with Gasteiger partial charge in [0.1, 0.15) is 17.4 Å². The number of hydrogen-bond acceptors (Lipinski definition) is 5. The fourth-order valence-corrected chi connectivity index (χ4v) is 3.86. The van der Waals surface area contributed by atoms with E-state index in [2.05, 4.69) is 19.7 Å². The Bertz CT molecular complexity index is 765. The van der Waals surface area contributed by atoms with E-state index in [4.69, 9.17) is 0 Å². The zero-order chi connectivity index (χ0) is 17.2. The minimum Gasteiger partial charge on any atom is -0.505 e. The molecule has 0 unspecified atom stereocenters. The Labute approximate surface area is 146 Å². The molecule has 0 radical (unpaired) electrons. The maximum atomic E-state index is 12.6. The Hall–Kier alpha value is -2.44. The van der Waals surface area contributed by atoms with Gasteiger partial charge >= 0.3 is 0 Å². The summed E-state index contributed by atoms with van der Waals surface area (Å²) in [6.45, 7) is 2.32. The highest BCUT2D eigenvalue weighted by Crippen LogP contribution is 2.30. The predicted molar refractivity (Wildman–Crippen MR) is 91.4 cm³/mol. The molecule has 0 bridgehead atoms. The van der Waals surface area contributed by atoms with Crippen LogP contribution in [-0.4, -0.2) is 48.8 Å². The van der Waals surface area contributed by atoms with Crippen molar-refractivity contribution in [2.45, 2.75) is 51.0 Å². The second-order valence-electron chi connectivity index (χ2n) is 6.87. The van der Waals surface area contributed by atoms with Crippen molar-refractivity contribution in [3.63, 3.8) is 0 Å². The molecule has 1 amide bonds. The highest BCUT2D eigenvalue weighted by Gasteiger charge is 2.30. The second kappa shape index (κ2) is 6.82. The molecular formula is C18H23N5O2. The maximum absolute atomic E-state index is 12.6. The van der Waals surface area contributed by atoms with Crippen LogP contribution in [0.2, 0.25) is 0 Å². The van der Waals surface area contributed by atoms with Gasteiger partial charge in [0.25, 0.3) is 5.91 Å². The van der Waals surface area contributed by atoms with Crippen LogP contribution < -0.4 is 0 Å². The summed E-state index contributed by atoms with van der Waals surface area (Å²) >= 11 is 0. The Morgan fingerprint density at radius 3 is 2.76 bits per heavy atom. The Kier molecular flexibility index (Phi) is 4.38. The average Bonchev–Trinajstić information content (AvgIpc) is 2.90. The second-order valence-corrected chi connectivity index (χ2v) is 6.87. The van der Waals surface area contributed by atoms with Crippen LogP contribution in [0.4, 0.5) is 0 Å². The van der Waals surface area contributed by atoms with Crippen molar-refractivity contribution in [2.75, 3.05) is 13.1 Å². The monoisotopic (exact) mass is 341 g/mol. The van der Waals surface area contributed by atoms with Gasteiger partial charge in [0, 0.05) is 38.2 Å². The van der Waals surface area contributed by atoms with Crippen molar-refractivity contribution < 1.29 is 9.90 Å². The first-order valence-corrected chi connectivity index (χ1v) is 9.09. The van der Waals surface area contributed by atoms with E-state index < -0.39 is 0 Å². The number of carbonyl (C=O) groups excluding carboxylic acids is 1. The summed E-state index contributed by atoms with van der Waals surface area (Å²) in [7, 11) is 0. The van der Waals surface area contributed by atoms with Gasteiger partial charge in [-0.3, -0.25) is 4.79 Å². The van der Waals surface area contributed by atoms with Crippen molar-refractivity contribution in [2.24, 2.45) is 0 Å². The number of hydrogen-bond donors (Lipinski definition) is 1. The molecule has 7 nitrogen and oxygen atoms in total. The average molecular weight is 341 g/mol. The molecular weight excluding hydrogens is 318 g/mol. The van der Waals surface area contributed by atoms with Gasteiger partial charge in [-0.15, -0.1) is 10.2 Å². The number of rotatable bonds is 2. The molecule has 132 valence electrons. The molecule has 1 fully saturated rings. The quantitative estimate of drug-likeness (QED) is 0.904. The summed E-state index contributed by atoms with van der Waals surface area (Å²) in [6, 6.07) is 3.12. The van der Waals surface area contributed by atoms with E-state index in [1.807, 2.05) is 0 Å². The molecule has 1 N–H and O–H groups in total. The molecule has 0 atom stereocenters. The Morgan fingerprint density at radius 1 is 1.12 bits per heavy atom. The van der Waals surface area contributed by atoms with Crippen molar-refractivity contribution in [1.29, 1.82) is 0 Å². The number of carbonyl (C=O) groups is 1. The molecule has 4 heterocycles. The molecule has 0 spiro atoms. The molecule has 7 heteroatoms. The maximum Gasteiger partial charge on any atom is 0.276 e. The fraction of sp³-hybridized carbons (Fsp3) is 0.556. The van der Waals surface area contributed by atoms with Gasteiger partial charge in [0.05, 0.1) is 0 Å². The zero-order valence-electron chi connectivity index (χ0n) is 14.3. The van der Waals surface area contributed by atoms with Crippen LogP contribution in [0.15, 0.2) is 18.3 Å². The predicted octanol–water partition coefficient (Wildman–Crippen LogP) is 2.12. The highest BCUT2D eigenvalue weighted by molar-refractivity contribution is 5.94. The van der Waals surface area contributed by atoms with E-state index in [1.54, 1.807) is 11.0 Å². The lowest BCUT2D eigenvalue weighted by molar-refractivity contribution is 0.0701. The minimum absolute atomic E-state index is 0.0580. The van der Waals surface area contributed by atoms with Crippen LogP contribution in [0.1, 0.15) is 60.2 Å². The van der Waals surface area contributed by atoms with Gasteiger partial charge < -0.3 is 14.6 Å². The molecule has 25 heavy (non-hydrogen) atoms. The molecule has 0 aliphatic carbocycles. The van der Waals surface area contributed by atoms with Gasteiger partial charge in [0.2, 0.25) is 0 Å². The van der Waals surface area contributed by atoms with Crippen molar-refractivity contribution >= 4 is 5.91 Å². The number of aromatic hydroxyl groups is 1. The van der Waals surface area contributed by atoms with E-state index >= 15 is 0 Å². The largest absolute Gasteiger partial charge is 0.505 e. The Morgan fingerprint density at radius 2 is 1.96 bits per heavy atom. The number of piperidine rings is 1. The van der Waals surface area contributed by atoms with Crippen molar-refractivity contribution in [1.82, 2.24) is 24.6 Å². The molecule has 2 aliphatic heterocycles. The number of pyridine rings is 1. The summed E-state index contributed by atoms with van der Waals surface area (Å²) in [4.78, 5) is 18.4. The van der Waals surface area contributed by atoms with E-state index in [0.29, 0.717) is 19.0 Å². The van der Waals surface area contributed by atoms with E-state index in [1.165, 1.54) is 31.5 Å².